The monoisotopic (exact) mass is 142 g/mol. The molecule has 0 aliphatic rings. The summed E-state index contributed by atoms with van der Waals surface area (Å²) in [6.45, 7) is 7.36. The average Bonchev–Trinajstić information content (AvgIpc) is 1.88. The van der Waals surface area contributed by atoms with Crippen LogP contribution in [0.25, 0.3) is 0 Å². The zero-order valence-electron chi connectivity index (χ0n) is 6.10. The highest BCUT2D eigenvalue weighted by atomic mass is 16.1. The third-order valence-electron chi connectivity index (χ3n) is 1.10. The van der Waals surface area contributed by atoms with E-state index < -0.39 is 0 Å². The lowest BCUT2D eigenvalue weighted by molar-refractivity contribution is -0.120. The van der Waals surface area contributed by atoms with E-state index in [1.807, 2.05) is 0 Å². The number of carbonyl (C=O) groups is 1. The van der Waals surface area contributed by atoms with Crippen molar-refractivity contribution in [2.24, 2.45) is 5.73 Å². The Balaban J connectivity index is 3.37. The zero-order valence-corrected chi connectivity index (χ0v) is 6.10. The van der Waals surface area contributed by atoms with Gasteiger partial charge in [-0.2, -0.15) is 0 Å². The van der Waals surface area contributed by atoms with Gasteiger partial charge in [-0.1, -0.05) is 13.3 Å². The Hall–Kier alpha value is -0.570. The third kappa shape index (κ3) is 4.32. The van der Waals surface area contributed by atoms with Gasteiger partial charge in [0.25, 0.3) is 0 Å². The van der Waals surface area contributed by atoms with Crippen molar-refractivity contribution in [3.8, 4) is 0 Å². The molecule has 1 atom stereocenters. The molecule has 0 aliphatic carbocycles. The van der Waals surface area contributed by atoms with E-state index in [1.54, 1.807) is 0 Å². The molecule has 0 heterocycles. The van der Waals surface area contributed by atoms with E-state index in [2.05, 4.69) is 19.2 Å². The highest BCUT2D eigenvalue weighted by Crippen LogP contribution is 1.92. The molecule has 0 fully saturated rings. The quantitative estimate of drug-likeness (QED) is 0.575. The van der Waals surface area contributed by atoms with Gasteiger partial charge in [0.15, 0.2) is 0 Å². The second-order valence-electron chi connectivity index (χ2n) is 2.11. The van der Waals surface area contributed by atoms with E-state index in [-0.39, 0.29) is 18.5 Å². The summed E-state index contributed by atoms with van der Waals surface area (Å²) >= 11 is 0. The number of carbonyl (C=O) groups excluding carboxylic acids is 1. The molecule has 0 spiro atoms. The number of nitrogens with two attached hydrogens (primary N) is 1. The van der Waals surface area contributed by atoms with Gasteiger partial charge in [-0.3, -0.25) is 4.79 Å². The maximum Gasteiger partial charge on any atom is 0.233 e. The number of rotatable bonds is 4. The van der Waals surface area contributed by atoms with E-state index in [9.17, 15) is 4.79 Å². The van der Waals surface area contributed by atoms with E-state index in [0.717, 1.165) is 12.8 Å². The van der Waals surface area contributed by atoms with Crippen LogP contribution >= 0.6 is 0 Å². The van der Waals surface area contributed by atoms with E-state index in [4.69, 9.17) is 5.73 Å². The maximum absolute atomic E-state index is 10.6. The fourth-order valence-electron chi connectivity index (χ4n) is 0.605. The van der Waals surface area contributed by atoms with Crippen LogP contribution < -0.4 is 11.1 Å². The van der Waals surface area contributed by atoms with Crippen molar-refractivity contribution in [1.29, 1.82) is 0 Å². The minimum absolute atomic E-state index is 0.0309. The lowest BCUT2D eigenvalue weighted by Gasteiger charge is -2.10. The van der Waals surface area contributed by atoms with Crippen LogP contribution in [0.5, 0.6) is 0 Å². The van der Waals surface area contributed by atoms with Gasteiger partial charge >= 0.3 is 0 Å². The zero-order chi connectivity index (χ0) is 7.98. The lowest BCUT2D eigenvalue weighted by atomic mass is 10.2. The molecule has 0 aromatic rings. The summed E-state index contributed by atoms with van der Waals surface area (Å²) in [5.74, 6) is -0.159. The molecule has 0 unspecified atom stereocenters. The molecule has 0 aliphatic heterocycles. The lowest BCUT2D eigenvalue weighted by Crippen LogP contribution is -2.37. The molecule has 0 rings (SSSR count). The molecule has 0 saturated heterocycles. The summed E-state index contributed by atoms with van der Waals surface area (Å²) in [6.07, 6.45) is 1.57. The predicted molar refractivity (Wildman–Crippen MR) is 40.9 cm³/mol. The Morgan fingerprint density at radius 2 is 2.30 bits per heavy atom. The highest BCUT2D eigenvalue weighted by molar-refractivity contribution is 5.78. The van der Waals surface area contributed by atoms with Gasteiger partial charge in [0.1, 0.15) is 0 Å². The molecule has 0 aromatic carbocycles. The molecule has 2 radical (unpaired) electrons. The van der Waals surface area contributed by atoms with E-state index in [0.29, 0.717) is 0 Å². The first-order valence-electron chi connectivity index (χ1n) is 3.32. The molecule has 3 nitrogen and oxygen atoms in total. The van der Waals surface area contributed by atoms with Crippen LogP contribution in [-0.2, 0) is 4.79 Å². The molecular weight excluding hydrogens is 128 g/mol. The van der Waals surface area contributed by atoms with Gasteiger partial charge in [0.2, 0.25) is 5.91 Å². The summed E-state index contributed by atoms with van der Waals surface area (Å²) < 4.78 is 0. The van der Waals surface area contributed by atoms with Crippen molar-refractivity contribution in [2.75, 3.05) is 6.54 Å². The van der Waals surface area contributed by atoms with Crippen molar-refractivity contribution in [3.05, 3.63) is 13.8 Å². The highest BCUT2D eigenvalue weighted by Gasteiger charge is 2.02. The van der Waals surface area contributed by atoms with Crippen LogP contribution in [0.3, 0.4) is 0 Å². The molecule has 0 saturated carbocycles. The first-order chi connectivity index (χ1) is 4.70. The topological polar surface area (TPSA) is 55.1 Å². The molecule has 10 heavy (non-hydrogen) atoms. The number of hydrogen-bond donors (Lipinski definition) is 2. The second-order valence-corrected chi connectivity index (χ2v) is 2.11. The molecule has 0 bridgehead atoms. The third-order valence-corrected chi connectivity index (χ3v) is 1.10. The van der Waals surface area contributed by atoms with Gasteiger partial charge in [0, 0.05) is 6.04 Å². The van der Waals surface area contributed by atoms with Crippen LogP contribution in [0.15, 0.2) is 0 Å². The summed E-state index contributed by atoms with van der Waals surface area (Å²) in [7, 11) is 0. The summed E-state index contributed by atoms with van der Waals surface area (Å²) in [5.41, 5.74) is 5.06. The Labute approximate surface area is 62.0 Å². The number of hydrogen-bond acceptors (Lipinski definition) is 2. The summed E-state index contributed by atoms with van der Waals surface area (Å²) in [4.78, 5) is 10.6. The Bertz CT molecular complexity index is 104. The van der Waals surface area contributed by atoms with Gasteiger partial charge < -0.3 is 11.1 Å². The normalized spacial score (nSPS) is 12.7. The van der Waals surface area contributed by atoms with Crippen LogP contribution in [0.2, 0.25) is 0 Å². The Kier molecular flexibility index (Phi) is 4.94. The molecular formula is C7H14N2O. The smallest absolute Gasteiger partial charge is 0.233 e. The molecule has 3 heteroatoms. The second kappa shape index (κ2) is 5.23. The first-order valence-corrected chi connectivity index (χ1v) is 3.32. The molecule has 3 N–H and O–H groups in total. The Morgan fingerprint density at radius 3 is 2.70 bits per heavy atom. The standard InChI is InChI=1S/C7H14N2O/c1-3-4-6(2)9-7(10)5-8/h6H,1-5,8H2,(H,9,10)/t6-/m1/s1. The van der Waals surface area contributed by atoms with Crippen molar-refractivity contribution < 1.29 is 4.79 Å². The van der Waals surface area contributed by atoms with Crippen molar-refractivity contribution >= 4 is 5.91 Å². The van der Waals surface area contributed by atoms with Crippen LogP contribution in [-0.4, -0.2) is 18.5 Å². The largest absolute Gasteiger partial charge is 0.352 e. The first kappa shape index (κ1) is 9.43. The molecule has 58 valence electrons. The van der Waals surface area contributed by atoms with Gasteiger partial charge in [0.05, 0.1) is 6.54 Å². The fraction of sp³-hybridized carbons (Fsp3) is 0.571. The minimum Gasteiger partial charge on any atom is -0.352 e. The summed E-state index contributed by atoms with van der Waals surface area (Å²) in [6, 6.07) is -0.0476. The van der Waals surface area contributed by atoms with Crippen LogP contribution in [0.4, 0.5) is 0 Å². The van der Waals surface area contributed by atoms with Gasteiger partial charge in [-0.05, 0) is 13.3 Å². The van der Waals surface area contributed by atoms with Crippen LogP contribution in [0, 0.1) is 13.8 Å². The SMILES string of the molecule is [CH2]CC[C@@H]([CH2])NC(=O)CN. The minimum atomic E-state index is -0.159. The van der Waals surface area contributed by atoms with Crippen LogP contribution in [0.1, 0.15) is 12.8 Å². The van der Waals surface area contributed by atoms with Crippen molar-refractivity contribution in [1.82, 2.24) is 5.32 Å². The van der Waals surface area contributed by atoms with Gasteiger partial charge in [-0.25, -0.2) is 0 Å². The van der Waals surface area contributed by atoms with Gasteiger partial charge in [-0.15, -0.1) is 0 Å². The number of amides is 1. The number of nitrogens with one attached hydrogen (secondary N) is 1. The van der Waals surface area contributed by atoms with E-state index in [1.165, 1.54) is 0 Å². The maximum atomic E-state index is 10.6. The molecule has 1 amide bonds. The Morgan fingerprint density at radius 1 is 1.70 bits per heavy atom. The van der Waals surface area contributed by atoms with Crippen molar-refractivity contribution in [3.63, 3.8) is 0 Å². The average molecular weight is 142 g/mol. The fourth-order valence-corrected chi connectivity index (χ4v) is 0.605. The predicted octanol–water partition coefficient (Wildman–Crippen LogP) is -0.122. The van der Waals surface area contributed by atoms with E-state index >= 15 is 0 Å². The molecule has 0 aromatic heterocycles. The summed E-state index contributed by atoms with van der Waals surface area (Å²) in [5, 5.41) is 2.62. The van der Waals surface area contributed by atoms with Crippen molar-refractivity contribution in [2.45, 2.75) is 18.9 Å².